The fourth-order valence-corrected chi connectivity index (χ4v) is 2.76. The SMILES string of the molecule is O=C(OCc1ccsc1)c1ccc(N2CCNC2=O)cc1. The van der Waals surface area contributed by atoms with Crippen LogP contribution in [-0.4, -0.2) is 25.1 Å². The molecule has 0 spiro atoms. The molecule has 0 radical (unpaired) electrons. The van der Waals surface area contributed by atoms with Gasteiger partial charge in [-0.05, 0) is 41.1 Å². The summed E-state index contributed by atoms with van der Waals surface area (Å²) in [6, 6.07) is 8.68. The van der Waals surface area contributed by atoms with Crippen molar-refractivity contribution in [2.45, 2.75) is 6.61 Å². The number of nitrogens with zero attached hydrogens (tertiary/aromatic N) is 1. The van der Waals surface area contributed by atoms with Crippen LogP contribution in [0.1, 0.15) is 15.9 Å². The number of hydrogen-bond acceptors (Lipinski definition) is 4. The van der Waals surface area contributed by atoms with Crippen molar-refractivity contribution in [2.24, 2.45) is 0 Å². The highest BCUT2D eigenvalue weighted by molar-refractivity contribution is 7.07. The lowest BCUT2D eigenvalue weighted by Gasteiger charge is -2.14. The van der Waals surface area contributed by atoms with Crippen molar-refractivity contribution in [3.05, 3.63) is 52.2 Å². The monoisotopic (exact) mass is 302 g/mol. The number of esters is 1. The minimum atomic E-state index is -0.362. The number of amides is 2. The smallest absolute Gasteiger partial charge is 0.338 e. The van der Waals surface area contributed by atoms with Crippen molar-refractivity contribution in [1.29, 1.82) is 0 Å². The molecule has 0 atom stereocenters. The second-order valence-corrected chi connectivity index (χ2v) is 5.42. The molecule has 1 aliphatic heterocycles. The van der Waals surface area contributed by atoms with Crippen molar-refractivity contribution < 1.29 is 14.3 Å². The Kier molecular flexibility index (Phi) is 3.87. The largest absolute Gasteiger partial charge is 0.457 e. The first-order valence-corrected chi connectivity index (χ1v) is 7.52. The predicted molar refractivity (Wildman–Crippen MR) is 80.6 cm³/mol. The van der Waals surface area contributed by atoms with Crippen LogP contribution in [0.3, 0.4) is 0 Å². The van der Waals surface area contributed by atoms with E-state index >= 15 is 0 Å². The summed E-state index contributed by atoms with van der Waals surface area (Å²) in [6.07, 6.45) is 0. The highest BCUT2D eigenvalue weighted by Crippen LogP contribution is 2.18. The summed E-state index contributed by atoms with van der Waals surface area (Å²) in [7, 11) is 0. The number of urea groups is 1. The Morgan fingerprint density at radius 3 is 2.71 bits per heavy atom. The van der Waals surface area contributed by atoms with Crippen LogP contribution < -0.4 is 10.2 Å². The predicted octanol–water partition coefficient (Wildman–Crippen LogP) is 2.63. The number of carbonyl (C=O) groups excluding carboxylic acids is 2. The fraction of sp³-hybridized carbons (Fsp3) is 0.200. The Labute approximate surface area is 126 Å². The average molecular weight is 302 g/mol. The van der Waals surface area contributed by atoms with E-state index in [-0.39, 0.29) is 18.6 Å². The minimum absolute atomic E-state index is 0.109. The second kappa shape index (κ2) is 5.97. The number of benzene rings is 1. The van der Waals surface area contributed by atoms with Crippen LogP contribution in [0, 0.1) is 0 Å². The highest BCUT2D eigenvalue weighted by Gasteiger charge is 2.21. The van der Waals surface area contributed by atoms with Crippen LogP contribution in [0.2, 0.25) is 0 Å². The lowest BCUT2D eigenvalue weighted by Crippen LogP contribution is -2.27. The Bertz CT molecular complexity index is 637. The van der Waals surface area contributed by atoms with Gasteiger partial charge >= 0.3 is 12.0 Å². The van der Waals surface area contributed by atoms with Crippen molar-refractivity contribution >= 4 is 29.0 Å². The summed E-state index contributed by atoms with van der Waals surface area (Å²) >= 11 is 1.57. The molecule has 2 amide bonds. The molecule has 108 valence electrons. The third-order valence-electron chi connectivity index (χ3n) is 3.22. The second-order valence-electron chi connectivity index (χ2n) is 4.64. The number of thiophene rings is 1. The van der Waals surface area contributed by atoms with Gasteiger partial charge in [0.15, 0.2) is 0 Å². The molecule has 2 aromatic rings. The van der Waals surface area contributed by atoms with Crippen LogP contribution in [0.25, 0.3) is 0 Å². The molecule has 1 N–H and O–H groups in total. The van der Waals surface area contributed by atoms with E-state index < -0.39 is 0 Å². The van der Waals surface area contributed by atoms with E-state index in [9.17, 15) is 9.59 Å². The van der Waals surface area contributed by atoms with Gasteiger partial charge in [-0.15, -0.1) is 0 Å². The molecular weight excluding hydrogens is 288 g/mol. The van der Waals surface area contributed by atoms with Crippen LogP contribution in [-0.2, 0) is 11.3 Å². The molecule has 0 bridgehead atoms. The number of rotatable bonds is 4. The maximum atomic E-state index is 11.9. The average Bonchev–Trinajstić information content (AvgIpc) is 3.16. The van der Waals surface area contributed by atoms with Crippen molar-refractivity contribution in [2.75, 3.05) is 18.0 Å². The molecule has 1 aromatic heterocycles. The van der Waals surface area contributed by atoms with E-state index in [1.165, 1.54) is 0 Å². The Morgan fingerprint density at radius 2 is 2.10 bits per heavy atom. The van der Waals surface area contributed by atoms with Crippen LogP contribution in [0.4, 0.5) is 10.5 Å². The standard InChI is InChI=1S/C15H14N2O3S/c18-14(20-9-11-5-8-21-10-11)12-1-3-13(4-2-12)17-7-6-16-15(17)19/h1-5,8,10H,6-7,9H2,(H,16,19). The van der Waals surface area contributed by atoms with E-state index in [2.05, 4.69) is 5.32 Å². The van der Waals surface area contributed by atoms with Crippen molar-refractivity contribution in [1.82, 2.24) is 5.32 Å². The van der Waals surface area contributed by atoms with Crippen molar-refractivity contribution in [3.8, 4) is 0 Å². The van der Waals surface area contributed by atoms with E-state index in [0.29, 0.717) is 18.7 Å². The van der Waals surface area contributed by atoms with Crippen LogP contribution in [0.15, 0.2) is 41.1 Å². The number of carbonyl (C=O) groups is 2. The van der Waals surface area contributed by atoms with Crippen molar-refractivity contribution in [3.63, 3.8) is 0 Å². The van der Waals surface area contributed by atoms with E-state index in [1.807, 2.05) is 16.8 Å². The molecule has 0 saturated carbocycles. The first-order chi connectivity index (χ1) is 10.2. The van der Waals surface area contributed by atoms with E-state index in [1.54, 1.807) is 40.5 Å². The Balaban J connectivity index is 1.63. The Hall–Kier alpha value is -2.34. The molecule has 0 unspecified atom stereocenters. The molecule has 0 aliphatic carbocycles. The van der Waals surface area contributed by atoms with Gasteiger partial charge in [0.1, 0.15) is 6.61 Å². The van der Waals surface area contributed by atoms with Gasteiger partial charge in [-0.25, -0.2) is 9.59 Å². The fourth-order valence-electron chi connectivity index (χ4n) is 2.10. The Morgan fingerprint density at radius 1 is 1.29 bits per heavy atom. The topological polar surface area (TPSA) is 58.6 Å². The maximum Gasteiger partial charge on any atom is 0.338 e. The molecule has 1 fully saturated rings. The van der Waals surface area contributed by atoms with Gasteiger partial charge in [0, 0.05) is 24.3 Å². The number of anilines is 1. The number of ether oxygens (including phenoxy) is 1. The molecule has 1 aliphatic rings. The highest BCUT2D eigenvalue weighted by atomic mass is 32.1. The van der Waals surface area contributed by atoms with Crippen LogP contribution >= 0.6 is 11.3 Å². The van der Waals surface area contributed by atoms with Gasteiger partial charge in [-0.2, -0.15) is 11.3 Å². The van der Waals surface area contributed by atoms with Crippen LogP contribution in [0.5, 0.6) is 0 Å². The third kappa shape index (κ3) is 3.05. The molecule has 2 heterocycles. The zero-order valence-corrected chi connectivity index (χ0v) is 12.1. The minimum Gasteiger partial charge on any atom is -0.457 e. The molecule has 1 aromatic carbocycles. The normalized spacial score (nSPS) is 14.1. The quantitative estimate of drug-likeness (QED) is 0.883. The van der Waals surface area contributed by atoms with E-state index in [0.717, 1.165) is 11.3 Å². The zero-order chi connectivity index (χ0) is 14.7. The van der Waals surface area contributed by atoms with Gasteiger partial charge in [-0.3, -0.25) is 4.90 Å². The van der Waals surface area contributed by atoms with Gasteiger partial charge in [0.05, 0.1) is 5.56 Å². The number of hydrogen-bond donors (Lipinski definition) is 1. The summed E-state index contributed by atoms with van der Waals surface area (Å²) in [5, 5.41) is 6.63. The van der Waals surface area contributed by atoms with Gasteiger partial charge in [0.2, 0.25) is 0 Å². The summed E-state index contributed by atoms with van der Waals surface area (Å²) in [5.41, 5.74) is 2.24. The summed E-state index contributed by atoms with van der Waals surface area (Å²) < 4.78 is 5.23. The zero-order valence-electron chi connectivity index (χ0n) is 11.2. The first kappa shape index (κ1) is 13.6. The first-order valence-electron chi connectivity index (χ1n) is 6.58. The third-order valence-corrected chi connectivity index (χ3v) is 3.95. The molecule has 6 heteroatoms. The molecule has 5 nitrogen and oxygen atoms in total. The lowest BCUT2D eigenvalue weighted by atomic mass is 10.2. The molecule has 3 rings (SSSR count). The summed E-state index contributed by atoms with van der Waals surface area (Å²) in [5.74, 6) is -0.362. The lowest BCUT2D eigenvalue weighted by molar-refractivity contribution is 0.0473. The molecular formula is C15H14N2O3S. The summed E-state index contributed by atoms with van der Waals surface area (Å²) in [6.45, 7) is 1.56. The number of nitrogens with one attached hydrogen (secondary N) is 1. The summed E-state index contributed by atoms with van der Waals surface area (Å²) in [4.78, 5) is 25.1. The molecule has 21 heavy (non-hydrogen) atoms. The maximum absolute atomic E-state index is 11.9. The molecule has 1 saturated heterocycles. The van der Waals surface area contributed by atoms with Gasteiger partial charge in [-0.1, -0.05) is 0 Å². The van der Waals surface area contributed by atoms with Gasteiger partial charge < -0.3 is 10.1 Å². The van der Waals surface area contributed by atoms with E-state index in [4.69, 9.17) is 4.74 Å². The van der Waals surface area contributed by atoms with Gasteiger partial charge in [0.25, 0.3) is 0 Å².